The number of esters is 2. The van der Waals surface area contributed by atoms with Crippen LogP contribution in [-0.4, -0.2) is 45.0 Å². The third kappa shape index (κ3) is 15.5. The molecule has 0 heterocycles. The minimum Gasteiger partial charge on any atom is -0.463 e. The molecule has 0 unspecified atom stereocenters. The van der Waals surface area contributed by atoms with Crippen LogP contribution in [-0.2, 0) is 23.8 Å². The van der Waals surface area contributed by atoms with Crippen molar-refractivity contribution in [2.45, 2.75) is 103 Å². The first-order valence-electron chi connectivity index (χ1n) is 14.3. The Balaban J connectivity index is 1.92. The Bertz CT molecular complexity index is 839. The zero-order valence-corrected chi connectivity index (χ0v) is 23.5. The lowest BCUT2D eigenvalue weighted by molar-refractivity contribution is -0.145. The van der Waals surface area contributed by atoms with Crippen LogP contribution in [0.4, 0.5) is 22.0 Å². The van der Waals surface area contributed by atoms with Crippen molar-refractivity contribution in [2.24, 2.45) is 0 Å². The van der Waals surface area contributed by atoms with Gasteiger partial charge in [-0.25, -0.2) is 13.2 Å². The fraction of sp³-hybridized carbons (Fsp3) is 0.724. The molecule has 0 aliphatic carbocycles. The number of hydrogen-bond acceptors (Lipinski definition) is 6. The lowest BCUT2D eigenvalue weighted by Gasteiger charge is -2.09. The Labute approximate surface area is 233 Å². The minimum absolute atomic E-state index is 0.0582. The second-order valence-corrected chi connectivity index (χ2v) is 9.56. The Morgan fingerprint density at radius 2 is 0.925 bits per heavy atom. The van der Waals surface area contributed by atoms with Gasteiger partial charge in [-0.1, -0.05) is 84.0 Å². The molecule has 1 rings (SSSR count). The van der Waals surface area contributed by atoms with Crippen molar-refractivity contribution in [1.82, 2.24) is 0 Å². The summed E-state index contributed by atoms with van der Waals surface area (Å²) >= 11 is 0. The van der Waals surface area contributed by atoms with Gasteiger partial charge in [-0.2, -0.15) is 8.78 Å². The molecular formula is C29H43F5O6. The van der Waals surface area contributed by atoms with Crippen LogP contribution in [0.3, 0.4) is 0 Å². The van der Waals surface area contributed by atoms with E-state index in [0.717, 1.165) is 19.3 Å². The zero-order valence-electron chi connectivity index (χ0n) is 23.5. The molecule has 0 atom stereocenters. The lowest BCUT2D eigenvalue weighted by Crippen LogP contribution is -2.16. The van der Waals surface area contributed by atoms with E-state index in [1.807, 2.05) is 0 Å². The number of carbonyl (C=O) groups excluding carboxylic acids is 2. The number of rotatable bonds is 24. The monoisotopic (exact) mass is 582 g/mol. The first kappa shape index (κ1) is 35.8. The van der Waals surface area contributed by atoms with E-state index in [-0.39, 0.29) is 39.0 Å². The molecule has 0 amide bonds. The van der Waals surface area contributed by atoms with Gasteiger partial charge in [0.1, 0.15) is 6.61 Å². The molecule has 11 heteroatoms. The number of benzene rings is 1. The number of halogens is 5. The summed E-state index contributed by atoms with van der Waals surface area (Å²) in [5.41, 5.74) is 0. The molecule has 1 aromatic rings. The quantitative estimate of drug-likeness (QED) is 0.0310. The predicted octanol–water partition coefficient (Wildman–Crippen LogP) is 7.74. The lowest BCUT2D eigenvalue weighted by atomic mass is 10.0. The Morgan fingerprint density at radius 3 is 1.45 bits per heavy atom. The number of carbonyl (C=O) groups is 2. The first-order chi connectivity index (χ1) is 19.3. The highest BCUT2D eigenvalue weighted by Crippen LogP contribution is 2.29. The van der Waals surface area contributed by atoms with Crippen molar-refractivity contribution in [3.8, 4) is 5.75 Å². The third-order valence-corrected chi connectivity index (χ3v) is 6.18. The molecule has 6 nitrogen and oxygen atoms in total. The van der Waals surface area contributed by atoms with Gasteiger partial charge < -0.3 is 18.9 Å². The van der Waals surface area contributed by atoms with Crippen molar-refractivity contribution >= 4 is 11.9 Å². The molecule has 0 aliphatic heterocycles. The fourth-order valence-electron chi connectivity index (χ4n) is 3.89. The van der Waals surface area contributed by atoms with Gasteiger partial charge in [-0.3, -0.25) is 9.59 Å². The van der Waals surface area contributed by atoms with Crippen molar-refractivity contribution in [3.05, 3.63) is 29.1 Å². The van der Waals surface area contributed by atoms with Gasteiger partial charge in [0.05, 0.1) is 32.8 Å². The number of ether oxygens (including phenoxy) is 4. The van der Waals surface area contributed by atoms with Crippen molar-refractivity contribution < 1.29 is 50.5 Å². The topological polar surface area (TPSA) is 71.1 Å². The van der Waals surface area contributed by atoms with E-state index in [1.54, 1.807) is 0 Å². The Hall–Kier alpha value is -2.27. The largest absolute Gasteiger partial charge is 0.463 e. The summed E-state index contributed by atoms with van der Waals surface area (Å²) in [5.74, 6) is -14.4. The smallest absolute Gasteiger partial charge is 0.313 e. The molecule has 40 heavy (non-hydrogen) atoms. The maximum Gasteiger partial charge on any atom is 0.313 e. The standard InChI is InChI=1S/C29H43F5O6/c1-2-3-4-5-6-7-8-9-10-11-12-13-14-15-22(35)39-21-20-38-19-18-37-17-16-23(36)40-29-27(33)25(31)24(30)26(32)28(29)34/h2-21H2,1H3. The summed E-state index contributed by atoms with van der Waals surface area (Å²) in [4.78, 5) is 23.4. The SMILES string of the molecule is CCCCCCCCCCCCCCCC(=O)OCCOCCOCCC(=O)Oc1c(F)c(F)c(F)c(F)c1F. The van der Waals surface area contributed by atoms with Gasteiger partial charge in [0.15, 0.2) is 0 Å². The number of hydrogen-bond donors (Lipinski definition) is 0. The zero-order chi connectivity index (χ0) is 29.6. The van der Waals surface area contributed by atoms with E-state index in [9.17, 15) is 31.5 Å². The average molecular weight is 583 g/mol. The van der Waals surface area contributed by atoms with Gasteiger partial charge in [0.2, 0.25) is 34.8 Å². The van der Waals surface area contributed by atoms with Crippen LogP contribution in [0.1, 0.15) is 103 Å². The van der Waals surface area contributed by atoms with Crippen molar-refractivity contribution in [3.63, 3.8) is 0 Å². The second-order valence-electron chi connectivity index (χ2n) is 9.56. The van der Waals surface area contributed by atoms with Crippen LogP contribution < -0.4 is 4.74 Å². The van der Waals surface area contributed by atoms with Crippen LogP contribution in [0.5, 0.6) is 5.75 Å². The fourth-order valence-corrected chi connectivity index (χ4v) is 3.89. The molecule has 0 saturated heterocycles. The van der Waals surface area contributed by atoms with E-state index >= 15 is 0 Å². The van der Waals surface area contributed by atoms with Crippen LogP contribution in [0.25, 0.3) is 0 Å². The molecule has 0 radical (unpaired) electrons. The van der Waals surface area contributed by atoms with Crippen LogP contribution in [0, 0.1) is 29.1 Å². The molecular weight excluding hydrogens is 539 g/mol. The molecule has 0 bridgehead atoms. The van der Waals surface area contributed by atoms with Gasteiger partial charge in [0.25, 0.3) is 0 Å². The maximum absolute atomic E-state index is 13.5. The highest BCUT2D eigenvalue weighted by molar-refractivity contribution is 5.72. The summed E-state index contributed by atoms with van der Waals surface area (Å²) in [6.07, 6.45) is 15.9. The van der Waals surface area contributed by atoms with Crippen molar-refractivity contribution in [2.75, 3.05) is 33.0 Å². The van der Waals surface area contributed by atoms with E-state index in [2.05, 4.69) is 11.7 Å². The van der Waals surface area contributed by atoms with Gasteiger partial charge in [0, 0.05) is 6.42 Å². The highest BCUT2D eigenvalue weighted by Gasteiger charge is 2.28. The van der Waals surface area contributed by atoms with E-state index in [4.69, 9.17) is 14.2 Å². The Kier molecular flexibility index (Phi) is 20.0. The first-order valence-corrected chi connectivity index (χ1v) is 14.3. The van der Waals surface area contributed by atoms with Crippen LogP contribution in [0.2, 0.25) is 0 Å². The summed E-state index contributed by atoms with van der Waals surface area (Å²) in [7, 11) is 0. The van der Waals surface area contributed by atoms with E-state index in [1.165, 1.54) is 64.2 Å². The molecule has 0 spiro atoms. The van der Waals surface area contributed by atoms with Gasteiger partial charge in [-0.15, -0.1) is 0 Å². The summed E-state index contributed by atoms with van der Waals surface area (Å²) in [6, 6.07) is 0. The van der Waals surface area contributed by atoms with Crippen LogP contribution >= 0.6 is 0 Å². The summed E-state index contributed by atoms with van der Waals surface area (Å²) in [6.45, 7) is 2.45. The molecule has 0 N–H and O–H groups in total. The molecule has 0 fully saturated rings. The minimum atomic E-state index is -2.34. The molecule has 0 aromatic heterocycles. The third-order valence-electron chi connectivity index (χ3n) is 6.18. The van der Waals surface area contributed by atoms with Gasteiger partial charge >= 0.3 is 11.9 Å². The van der Waals surface area contributed by atoms with Crippen molar-refractivity contribution in [1.29, 1.82) is 0 Å². The van der Waals surface area contributed by atoms with E-state index in [0.29, 0.717) is 6.42 Å². The highest BCUT2D eigenvalue weighted by atomic mass is 19.2. The molecule has 1 aromatic carbocycles. The summed E-state index contributed by atoms with van der Waals surface area (Å²) in [5, 5.41) is 0. The second kappa shape index (κ2) is 22.4. The normalized spacial score (nSPS) is 11.2. The molecule has 230 valence electrons. The molecule has 0 aliphatic rings. The molecule has 0 saturated carbocycles. The average Bonchev–Trinajstić information content (AvgIpc) is 2.94. The van der Waals surface area contributed by atoms with Crippen LogP contribution in [0.15, 0.2) is 0 Å². The predicted molar refractivity (Wildman–Crippen MR) is 139 cm³/mol. The number of unbranched alkanes of at least 4 members (excludes halogenated alkanes) is 12. The van der Waals surface area contributed by atoms with E-state index < -0.39 is 47.2 Å². The van der Waals surface area contributed by atoms with Gasteiger partial charge in [-0.05, 0) is 6.42 Å². The maximum atomic E-state index is 13.5. The Morgan fingerprint density at radius 1 is 0.500 bits per heavy atom. The summed E-state index contributed by atoms with van der Waals surface area (Å²) < 4.78 is 86.0.